The summed E-state index contributed by atoms with van der Waals surface area (Å²) in [4.78, 5) is 10.9. The molecule has 58 valence electrons. The van der Waals surface area contributed by atoms with E-state index in [-0.39, 0.29) is 11.4 Å². The molecule has 0 radical (unpaired) electrons. The van der Waals surface area contributed by atoms with Gasteiger partial charge < -0.3 is 10.6 Å². The van der Waals surface area contributed by atoms with E-state index < -0.39 is 0 Å². The number of hydrogen-bond donors (Lipinski definition) is 2. The molecule has 1 heterocycles. The molecule has 1 rings (SSSR count). The van der Waals surface area contributed by atoms with Crippen LogP contribution in [0.1, 0.15) is 20.3 Å². The first-order chi connectivity index (χ1) is 4.60. The normalized spacial score (nSPS) is 25.2. The minimum Gasteiger partial charge on any atom is -0.350 e. The van der Waals surface area contributed by atoms with E-state index in [0.29, 0.717) is 6.42 Å². The van der Waals surface area contributed by atoms with Crippen LogP contribution in [0, 0.1) is 0 Å². The Balaban J connectivity index is 2.54. The number of carbonyl (C=O) groups is 1. The minimum absolute atomic E-state index is 0.0758. The van der Waals surface area contributed by atoms with E-state index in [1.807, 2.05) is 13.8 Å². The Morgan fingerprint density at radius 2 is 2.20 bits per heavy atom. The molecule has 1 saturated heterocycles. The molecule has 0 aliphatic carbocycles. The summed E-state index contributed by atoms with van der Waals surface area (Å²) in [5.41, 5.74) is -0.0758. The van der Waals surface area contributed by atoms with Crippen LogP contribution in [0.3, 0.4) is 0 Å². The molecule has 0 unspecified atom stereocenters. The third-order valence-electron chi connectivity index (χ3n) is 1.57. The summed E-state index contributed by atoms with van der Waals surface area (Å²) in [6, 6.07) is 0. The predicted molar refractivity (Wildman–Crippen MR) is 39.7 cm³/mol. The van der Waals surface area contributed by atoms with Gasteiger partial charge >= 0.3 is 0 Å². The molecule has 0 saturated carbocycles. The monoisotopic (exact) mass is 142 g/mol. The molecule has 0 bridgehead atoms. The lowest BCUT2D eigenvalue weighted by Gasteiger charge is -2.23. The van der Waals surface area contributed by atoms with Gasteiger partial charge in [-0.15, -0.1) is 0 Å². The lowest BCUT2D eigenvalue weighted by molar-refractivity contribution is -0.121. The maximum absolute atomic E-state index is 10.9. The van der Waals surface area contributed by atoms with E-state index >= 15 is 0 Å². The molecule has 0 spiro atoms. The molecule has 3 heteroatoms. The lowest BCUT2D eigenvalue weighted by atomic mass is 10.1. The maximum atomic E-state index is 10.9. The number of rotatable bonds is 0. The van der Waals surface area contributed by atoms with Crippen molar-refractivity contribution in [1.82, 2.24) is 10.6 Å². The van der Waals surface area contributed by atoms with Crippen molar-refractivity contribution in [3.05, 3.63) is 0 Å². The van der Waals surface area contributed by atoms with E-state index in [9.17, 15) is 4.79 Å². The van der Waals surface area contributed by atoms with Crippen LogP contribution in [0.5, 0.6) is 0 Å². The van der Waals surface area contributed by atoms with Gasteiger partial charge in [-0.3, -0.25) is 4.79 Å². The Bertz CT molecular complexity index is 143. The fourth-order valence-electron chi connectivity index (χ4n) is 1.09. The van der Waals surface area contributed by atoms with Crippen LogP contribution in [0.2, 0.25) is 0 Å². The molecule has 1 amide bonds. The van der Waals surface area contributed by atoms with Gasteiger partial charge in [0.2, 0.25) is 5.91 Å². The predicted octanol–water partition coefficient (Wildman–Crippen LogP) is -0.126. The van der Waals surface area contributed by atoms with Gasteiger partial charge in [0.05, 0.1) is 0 Å². The highest BCUT2D eigenvalue weighted by molar-refractivity contribution is 5.77. The Labute approximate surface area is 61.2 Å². The number of hydrogen-bond acceptors (Lipinski definition) is 2. The molecule has 0 aromatic rings. The van der Waals surface area contributed by atoms with Gasteiger partial charge in [0, 0.05) is 25.0 Å². The van der Waals surface area contributed by atoms with Gasteiger partial charge in [-0.25, -0.2) is 0 Å². The molecule has 1 fully saturated rings. The molecular formula is C7H14N2O. The lowest BCUT2D eigenvalue weighted by Crippen LogP contribution is -2.46. The highest BCUT2D eigenvalue weighted by Crippen LogP contribution is 2.02. The molecule has 2 N–H and O–H groups in total. The number of nitrogens with one attached hydrogen (secondary N) is 2. The molecule has 1 aliphatic heterocycles. The fraction of sp³-hybridized carbons (Fsp3) is 0.857. The maximum Gasteiger partial charge on any atom is 0.221 e. The Hall–Kier alpha value is -0.570. The van der Waals surface area contributed by atoms with Gasteiger partial charge in [-0.1, -0.05) is 0 Å². The Morgan fingerprint density at radius 1 is 1.50 bits per heavy atom. The SMILES string of the molecule is CC1(C)CNCCC(=O)N1. The van der Waals surface area contributed by atoms with Crippen molar-refractivity contribution in [2.24, 2.45) is 0 Å². The molecular weight excluding hydrogens is 128 g/mol. The smallest absolute Gasteiger partial charge is 0.221 e. The van der Waals surface area contributed by atoms with Crippen LogP contribution < -0.4 is 10.6 Å². The Kier molecular flexibility index (Phi) is 1.94. The highest BCUT2D eigenvalue weighted by atomic mass is 16.1. The van der Waals surface area contributed by atoms with Gasteiger partial charge in [-0.2, -0.15) is 0 Å². The van der Waals surface area contributed by atoms with Crippen molar-refractivity contribution >= 4 is 5.91 Å². The number of carbonyl (C=O) groups excluding carboxylic acids is 1. The topological polar surface area (TPSA) is 41.1 Å². The highest BCUT2D eigenvalue weighted by Gasteiger charge is 2.22. The minimum atomic E-state index is -0.0758. The summed E-state index contributed by atoms with van der Waals surface area (Å²) < 4.78 is 0. The second-order valence-electron chi connectivity index (χ2n) is 3.36. The van der Waals surface area contributed by atoms with E-state index in [1.54, 1.807) is 0 Å². The van der Waals surface area contributed by atoms with Gasteiger partial charge in [-0.05, 0) is 13.8 Å². The first-order valence-electron chi connectivity index (χ1n) is 3.62. The van der Waals surface area contributed by atoms with E-state index in [1.165, 1.54) is 0 Å². The summed E-state index contributed by atoms with van der Waals surface area (Å²) in [6.45, 7) is 5.69. The van der Waals surface area contributed by atoms with Crippen LogP contribution in [0.4, 0.5) is 0 Å². The van der Waals surface area contributed by atoms with E-state index in [4.69, 9.17) is 0 Å². The van der Waals surface area contributed by atoms with Crippen molar-refractivity contribution in [2.75, 3.05) is 13.1 Å². The summed E-state index contributed by atoms with van der Waals surface area (Å²) >= 11 is 0. The zero-order valence-corrected chi connectivity index (χ0v) is 6.53. The second-order valence-corrected chi connectivity index (χ2v) is 3.36. The van der Waals surface area contributed by atoms with Gasteiger partial charge in [0.1, 0.15) is 0 Å². The molecule has 0 aromatic heterocycles. The van der Waals surface area contributed by atoms with Crippen LogP contribution in [0.25, 0.3) is 0 Å². The van der Waals surface area contributed by atoms with Crippen molar-refractivity contribution in [3.63, 3.8) is 0 Å². The molecule has 10 heavy (non-hydrogen) atoms. The fourth-order valence-corrected chi connectivity index (χ4v) is 1.09. The van der Waals surface area contributed by atoms with Crippen LogP contribution in [-0.4, -0.2) is 24.5 Å². The quantitative estimate of drug-likeness (QED) is 0.495. The number of amides is 1. The summed E-state index contributed by atoms with van der Waals surface area (Å²) in [5.74, 6) is 0.148. The third kappa shape index (κ3) is 1.99. The zero-order valence-electron chi connectivity index (χ0n) is 6.53. The Morgan fingerprint density at radius 3 is 2.90 bits per heavy atom. The van der Waals surface area contributed by atoms with Crippen LogP contribution >= 0.6 is 0 Å². The van der Waals surface area contributed by atoms with Crippen LogP contribution in [0.15, 0.2) is 0 Å². The third-order valence-corrected chi connectivity index (χ3v) is 1.57. The average Bonchev–Trinajstić information content (AvgIpc) is 1.90. The summed E-state index contributed by atoms with van der Waals surface area (Å²) in [7, 11) is 0. The molecule has 0 aromatic carbocycles. The molecule has 1 aliphatic rings. The first-order valence-corrected chi connectivity index (χ1v) is 3.62. The van der Waals surface area contributed by atoms with Gasteiger partial charge in [0.15, 0.2) is 0 Å². The first kappa shape index (κ1) is 7.54. The van der Waals surface area contributed by atoms with Crippen molar-refractivity contribution in [1.29, 1.82) is 0 Å². The second kappa shape index (κ2) is 2.58. The van der Waals surface area contributed by atoms with Crippen LogP contribution in [-0.2, 0) is 4.79 Å². The van der Waals surface area contributed by atoms with E-state index in [0.717, 1.165) is 13.1 Å². The zero-order chi connectivity index (χ0) is 7.61. The summed E-state index contributed by atoms with van der Waals surface area (Å²) in [5, 5.41) is 6.10. The molecule has 3 nitrogen and oxygen atoms in total. The average molecular weight is 142 g/mol. The largest absolute Gasteiger partial charge is 0.350 e. The van der Waals surface area contributed by atoms with Gasteiger partial charge in [0.25, 0.3) is 0 Å². The van der Waals surface area contributed by atoms with Crippen molar-refractivity contribution < 1.29 is 4.79 Å². The molecule has 0 atom stereocenters. The van der Waals surface area contributed by atoms with Crippen molar-refractivity contribution in [3.8, 4) is 0 Å². The summed E-state index contributed by atoms with van der Waals surface area (Å²) in [6.07, 6.45) is 0.601. The standard InChI is InChI=1S/C7H14N2O/c1-7(2)5-8-4-3-6(10)9-7/h8H,3-5H2,1-2H3,(H,9,10). The van der Waals surface area contributed by atoms with E-state index in [2.05, 4.69) is 10.6 Å². The van der Waals surface area contributed by atoms with Crippen molar-refractivity contribution in [2.45, 2.75) is 25.8 Å².